The second-order valence-electron chi connectivity index (χ2n) is 6.76. The van der Waals surface area contributed by atoms with Crippen LogP contribution in [0.25, 0.3) is 0 Å². The molecular weight excluding hydrogens is 224 g/mol. The van der Waals surface area contributed by atoms with E-state index in [9.17, 15) is 4.79 Å². The van der Waals surface area contributed by atoms with Crippen LogP contribution in [0, 0.1) is 17.8 Å². The van der Waals surface area contributed by atoms with Gasteiger partial charge in [-0.3, -0.25) is 4.79 Å². The van der Waals surface area contributed by atoms with Crippen molar-refractivity contribution in [2.75, 3.05) is 6.54 Å². The van der Waals surface area contributed by atoms with Crippen molar-refractivity contribution in [1.29, 1.82) is 0 Å². The highest BCUT2D eigenvalue weighted by atomic mass is 16.1. The monoisotopic (exact) mass is 250 g/mol. The van der Waals surface area contributed by atoms with Crippen LogP contribution in [0.1, 0.15) is 51.9 Å². The van der Waals surface area contributed by atoms with Crippen molar-refractivity contribution in [3.63, 3.8) is 0 Å². The van der Waals surface area contributed by atoms with Crippen molar-refractivity contribution in [1.82, 2.24) is 10.6 Å². The van der Waals surface area contributed by atoms with Crippen LogP contribution in [0.2, 0.25) is 0 Å². The summed E-state index contributed by atoms with van der Waals surface area (Å²) < 4.78 is 0. The lowest BCUT2D eigenvalue weighted by Crippen LogP contribution is -2.40. The molecule has 102 valence electrons. The highest BCUT2D eigenvalue weighted by Crippen LogP contribution is 2.33. The maximum Gasteiger partial charge on any atom is 0.224 e. The summed E-state index contributed by atoms with van der Waals surface area (Å²) in [7, 11) is 0. The van der Waals surface area contributed by atoms with Crippen LogP contribution in [-0.2, 0) is 4.79 Å². The molecule has 0 spiro atoms. The molecule has 3 unspecified atom stereocenters. The fourth-order valence-electron chi connectivity index (χ4n) is 4.02. The van der Waals surface area contributed by atoms with E-state index in [1.807, 2.05) is 0 Å². The van der Waals surface area contributed by atoms with Crippen LogP contribution in [0.3, 0.4) is 0 Å². The van der Waals surface area contributed by atoms with Gasteiger partial charge in [0.05, 0.1) is 5.92 Å². The number of hydrogen-bond donors (Lipinski definition) is 2. The van der Waals surface area contributed by atoms with Crippen LogP contribution in [0.4, 0.5) is 0 Å². The summed E-state index contributed by atoms with van der Waals surface area (Å²) >= 11 is 0. The number of carbonyl (C=O) groups excluding carboxylic acids is 1. The average molecular weight is 250 g/mol. The first kappa shape index (κ1) is 12.5. The molecule has 3 nitrogen and oxygen atoms in total. The Hall–Kier alpha value is -0.570. The van der Waals surface area contributed by atoms with Gasteiger partial charge in [0.1, 0.15) is 0 Å². The molecule has 2 heterocycles. The standard InChI is InChI=1S/C15H26N2O/c1-10-2-4-11(5-3-10)9-16-15(18)13-8-12-6-7-14(13)17-12/h10-14,17H,2-9H2,1H3,(H,16,18). The maximum atomic E-state index is 12.2. The first-order chi connectivity index (χ1) is 8.72. The van der Waals surface area contributed by atoms with Gasteiger partial charge in [-0.05, 0) is 43.9 Å². The topological polar surface area (TPSA) is 41.1 Å². The fraction of sp³-hybridized carbons (Fsp3) is 0.933. The molecule has 2 aliphatic heterocycles. The van der Waals surface area contributed by atoms with Crippen molar-refractivity contribution in [2.24, 2.45) is 17.8 Å². The molecule has 3 atom stereocenters. The molecule has 0 aromatic heterocycles. The van der Waals surface area contributed by atoms with Crippen LogP contribution in [0.5, 0.6) is 0 Å². The second kappa shape index (κ2) is 5.20. The molecule has 2 saturated heterocycles. The minimum Gasteiger partial charge on any atom is -0.356 e. The zero-order chi connectivity index (χ0) is 12.5. The number of carbonyl (C=O) groups is 1. The Bertz CT molecular complexity index is 310. The van der Waals surface area contributed by atoms with E-state index < -0.39 is 0 Å². The van der Waals surface area contributed by atoms with Gasteiger partial charge in [-0.1, -0.05) is 19.8 Å². The average Bonchev–Trinajstić information content (AvgIpc) is 3.00. The summed E-state index contributed by atoms with van der Waals surface area (Å²) in [5.41, 5.74) is 0. The summed E-state index contributed by atoms with van der Waals surface area (Å²) in [6.07, 6.45) is 8.83. The van der Waals surface area contributed by atoms with Crippen LogP contribution >= 0.6 is 0 Å². The summed E-state index contributed by atoms with van der Waals surface area (Å²) in [4.78, 5) is 12.2. The van der Waals surface area contributed by atoms with Crippen molar-refractivity contribution in [2.45, 2.75) is 64.0 Å². The number of hydrogen-bond acceptors (Lipinski definition) is 2. The molecule has 2 bridgehead atoms. The van der Waals surface area contributed by atoms with Crippen molar-refractivity contribution in [3.8, 4) is 0 Å². The van der Waals surface area contributed by atoms with E-state index in [4.69, 9.17) is 0 Å². The zero-order valence-electron chi connectivity index (χ0n) is 11.5. The van der Waals surface area contributed by atoms with E-state index in [2.05, 4.69) is 17.6 Å². The number of fused-ring (bicyclic) bond motifs is 2. The Morgan fingerprint density at radius 2 is 1.94 bits per heavy atom. The molecule has 1 aliphatic carbocycles. The molecule has 3 aliphatic rings. The Kier molecular flexibility index (Phi) is 3.60. The predicted molar refractivity (Wildman–Crippen MR) is 72.2 cm³/mol. The van der Waals surface area contributed by atoms with Gasteiger partial charge in [0.2, 0.25) is 5.91 Å². The lowest BCUT2D eigenvalue weighted by atomic mass is 9.83. The van der Waals surface area contributed by atoms with Gasteiger partial charge in [0.15, 0.2) is 0 Å². The normalized spacial score (nSPS) is 43.1. The Morgan fingerprint density at radius 1 is 1.17 bits per heavy atom. The Balaban J connectivity index is 1.42. The van der Waals surface area contributed by atoms with Crippen LogP contribution < -0.4 is 10.6 Å². The van der Waals surface area contributed by atoms with Crippen LogP contribution in [-0.4, -0.2) is 24.5 Å². The highest BCUT2D eigenvalue weighted by molar-refractivity contribution is 5.80. The van der Waals surface area contributed by atoms with E-state index in [0.717, 1.165) is 24.8 Å². The number of rotatable bonds is 3. The fourth-order valence-corrected chi connectivity index (χ4v) is 4.02. The van der Waals surface area contributed by atoms with Gasteiger partial charge < -0.3 is 10.6 Å². The Labute approximate surface area is 110 Å². The minimum atomic E-state index is 0.256. The van der Waals surface area contributed by atoms with Gasteiger partial charge in [-0.25, -0.2) is 0 Å². The molecule has 1 amide bonds. The van der Waals surface area contributed by atoms with E-state index in [1.165, 1.54) is 38.5 Å². The van der Waals surface area contributed by atoms with Gasteiger partial charge >= 0.3 is 0 Å². The van der Waals surface area contributed by atoms with Crippen molar-refractivity contribution >= 4 is 5.91 Å². The molecule has 0 aromatic rings. The molecule has 3 fully saturated rings. The minimum absolute atomic E-state index is 0.256. The lowest BCUT2D eigenvalue weighted by molar-refractivity contribution is -0.125. The summed E-state index contributed by atoms with van der Waals surface area (Å²) in [5.74, 6) is 2.20. The number of nitrogens with one attached hydrogen (secondary N) is 2. The molecule has 2 N–H and O–H groups in total. The molecular formula is C15H26N2O. The molecule has 3 rings (SSSR count). The third-order valence-corrected chi connectivity index (χ3v) is 5.34. The number of amides is 1. The van der Waals surface area contributed by atoms with Crippen molar-refractivity contribution in [3.05, 3.63) is 0 Å². The molecule has 3 heteroatoms. The van der Waals surface area contributed by atoms with Gasteiger partial charge in [-0.15, -0.1) is 0 Å². The van der Waals surface area contributed by atoms with E-state index in [-0.39, 0.29) is 5.92 Å². The highest BCUT2D eigenvalue weighted by Gasteiger charge is 2.42. The van der Waals surface area contributed by atoms with Gasteiger partial charge in [-0.2, -0.15) is 0 Å². The van der Waals surface area contributed by atoms with E-state index in [0.29, 0.717) is 18.0 Å². The Morgan fingerprint density at radius 3 is 2.56 bits per heavy atom. The summed E-state index contributed by atoms with van der Waals surface area (Å²) in [6, 6.07) is 1.10. The first-order valence-electron chi connectivity index (χ1n) is 7.76. The third-order valence-electron chi connectivity index (χ3n) is 5.34. The van der Waals surface area contributed by atoms with Gasteiger partial charge in [0, 0.05) is 18.6 Å². The molecule has 0 radical (unpaired) electrons. The van der Waals surface area contributed by atoms with E-state index >= 15 is 0 Å². The smallest absolute Gasteiger partial charge is 0.224 e. The maximum absolute atomic E-state index is 12.2. The predicted octanol–water partition coefficient (Wildman–Crippen LogP) is 2.07. The SMILES string of the molecule is CC1CCC(CNC(=O)C2CC3CCC2N3)CC1. The quantitative estimate of drug-likeness (QED) is 0.805. The van der Waals surface area contributed by atoms with Gasteiger partial charge in [0.25, 0.3) is 0 Å². The first-order valence-corrected chi connectivity index (χ1v) is 7.76. The summed E-state index contributed by atoms with van der Waals surface area (Å²) in [5, 5.41) is 6.76. The second-order valence-corrected chi connectivity index (χ2v) is 6.76. The van der Waals surface area contributed by atoms with Crippen LogP contribution in [0.15, 0.2) is 0 Å². The molecule has 0 aromatic carbocycles. The largest absolute Gasteiger partial charge is 0.356 e. The molecule has 1 saturated carbocycles. The van der Waals surface area contributed by atoms with E-state index in [1.54, 1.807) is 0 Å². The zero-order valence-corrected chi connectivity index (χ0v) is 11.5. The lowest BCUT2D eigenvalue weighted by Gasteiger charge is -2.27. The third kappa shape index (κ3) is 2.56. The molecule has 18 heavy (non-hydrogen) atoms. The summed E-state index contributed by atoms with van der Waals surface area (Å²) in [6.45, 7) is 3.26. The van der Waals surface area contributed by atoms with Crippen molar-refractivity contribution < 1.29 is 4.79 Å².